The molecule has 0 heterocycles. The number of hydrazine groups is 1. The molecule has 0 aliphatic heterocycles. The molecule has 1 atom stereocenters. The first-order valence-corrected chi connectivity index (χ1v) is 3.54. The quantitative estimate of drug-likeness (QED) is 0.326. The van der Waals surface area contributed by atoms with Crippen LogP contribution in [0.15, 0.2) is 24.3 Å². The van der Waals surface area contributed by atoms with Crippen LogP contribution < -0.4 is 11.3 Å². The van der Waals surface area contributed by atoms with E-state index in [1.807, 2.05) is 31.2 Å². The van der Waals surface area contributed by atoms with Gasteiger partial charge in [-0.15, -0.1) is 0 Å². The minimum atomic E-state index is -0.455. The highest BCUT2D eigenvalue weighted by molar-refractivity contribution is 5.84. The predicted octanol–water partition coefficient (Wildman–Crippen LogP) is 0.499. The van der Waals surface area contributed by atoms with E-state index in [0.29, 0.717) is 6.42 Å². The van der Waals surface area contributed by atoms with E-state index in [9.17, 15) is 4.79 Å². The summed E-state index contributed by atoms with van der Waals surface area (Å²) in [6.07, 6.45) is 8.31. The number of hydrogen-bond donors (Lipinski definition) is 2. The van der Waals surface area contributed by atoms with Crippen molar-refractivity contribution < 1.29 is 4.79 Å². The number of allylic oxidation sites excluding steroid dienone is 3. The number of rotatable bonds is 1. The van der Waals surface area contributed by atoms with Crippen LogP contribution in [-0.4, -0.2) is 5.91 Å². The van der Waals surface area contributed by atoms with E-state index in [2.05, 4.69) is 5.43 Å². The summed E-state index contributed by atoms with van der Waals surface area (Å²) >= 11 is 0. The first kappa shape index (κ1) is 8.01. The molecule has 60 valence electrons. The zero-order chi connectivity index (χ0) is 8.32. The van der Waals surface area contributed by atoms with E-state index in [0.717, 1.165) is 0 Å². The average Bonchev–Trinajstić information content (AvgIpc) is 2.04. The highest BCUT2D eigenvalue weighted by atomic mass is 16.2. The molecule has 11 heavy (non-hydrogen) atoms. The maximum absolute atomic E-state index is 11.2. The standard InChI is InChI=1S/C8H12N2O/c1-8(7(11)10-9)5-3-2-4-6-8/h2-5H,6,9H2,1H3,(H,10,11). The Balaban J connectivity index is 2.75. The van der Waals surface area contributed by atoms with Gasteiger partial charge in [-0.1, -0.05) is 24.3 Å². The van der Waals surface area contributed by atoms with Gasteiger partial charge in [-0.25, -0.2) is 5.84 Å². The number of nitrogens with one attached hydrogen (secondary N) is 1. The largest absolute Gasteiger partial charge is 0.294 e. The molecular weight excluding hydrogens is 140 g/mol. The Morgan fingerprint density at radius 3 is 2.82 bits per heavy atom. The van der Waals surface area contributed by atoms with Crippen LogP contribution in [0, 0.1) is 5.41 Å². The topological polar surface area (TPSA) is 55.1 Å². The molecule has 0 aromatic rings. The molecule has 0 bridgehead atoms. The molecule has 0 fully saturated rings. The van der Waals surface area contributed by atoms with E-state index < -0.39 is 5.41 Å². The number of amides is 1. The summed E-state index contributed by atoms with van der Waals surface area (Å²) in [5.41, 5.74) is 1.70. The van der Waals surface area contributed by atoms with Crippen molar-refractivity contribution in [3.63, 3.8) is 0 Å². The third kappa shape index (κ3) is 1.49. The van der Waals surface area contributed by atoms with Crippen LogP contribution >= 0.6 is 0 Å². The van der Waals surface area contributed by atoms with Crippen LogP contribution in [0.5, 0.6) is 0 Å². The highest BCUT2D eigenvalue weighted by Crippen LogP contribution is 2.26. The molecular formula is C8H12N2O. The lowest BCUT2D eigenvalue weighted by Gasteiger charge is -2.23. The lowest BCUT2D eigenvalue weighted by atomic mass is 9.83. The third-order valence-corrected chi connectivity index (χ3v) is 1.90. The van der Waals surface area contributed by atoms with Crippen LogP contribution in [0.4, 0.5) is 0 Å². The van der Waals surface area contributed by atoms with Gasteiger partial charge in [0.1, 0.15) is 0 Å². The van der Waals surface area contributed by atoms with Crippen molar-refractivity contribution in [3.05, 3.63) is 24.3 Å². The van der Waals surface area contributed by atoms with E-state index in [1.165, 1.54) is 0 Å². The molecule has 1 aliphatic rings. The van der Waals surface area contributed by atoms with Gasteiger partial charge in [0.2, 0.25) is 5.91 Å². The second-order valence-electron chi connectivity index (χ2n) is 2.88. The SMILES string of the molecule is CC1(C(=O)NN)C=CC=CC1. The summed E-state index contributed by atoms with van der Waals surface area (Å²) in [6.45, 7) is 1.86. The van der Waals surface area contributed by atoms with Crippen molar-refractivity contribution >= 4 is 5.91 Å². The summed E-state index contributed by atoms with van der Waals surface area (Å²) in [5.74, 6) is 4.89. The Kier molecular flexibility index (Phi) is 2.10. The normalized spacial score (nSPS) is 28.5. The lowest BCUT2D eigenvalue weighted by molar-refractivity contribution is -0.127. The van der Waals surface area contributed by atoms with Crippen molar-refractivity contribution in [2.24, 2.45) is 11.3 Å². The predicted molar refractivity (Wildman–Crippen MR) is 43.3 cm³/mol. The van der Waals surface area contributed by atoms with Gasteiger partial charge >= 0.3 is 0 Å². The summed E-state index contributed by atoms with van der Waals surface area (Å²) in [7, 11) is 0. The Morgan fingerprint density at radius 1 is 1.64 bits per heavy atom. The molecule has 3 nitrogen and oxygen atoms in total. The van der Waals surface area contributed by atoms with Gasteiger partial charge in [-0.3, -0.25) is 10.2 Å². The average molecular weight is 152 g/mol. The molecule has 0 aromatic carbocycles. The summed E-state index contributed by atoms with van der Waals surface area (Å²) in [6, 6.07) is 0. The number of carbonyl (C=O) groups is 1. The van der Waals surface area contributed by atoms with E-state index in [4.69, 9.17) is 5.84 Å². The van der Waals surface area contributed by atoms with Crippen LogP contribution in [0.2, 0.25) is 0 Å². The molecule has 3 N–H and O–H groups in total. The minimum absolute atomic E-state index is 0.141. The van der Waals surface area contributed by atoms with Gasteiger partial charge in [0.25, 0.3) is 0 Å². The lowest BCUT2D eigenvalue weighted by Crippen LogP contribution is -2.41. The fraction of sp³-hybridized carbons (Fsp3) is 0.375. The summed E-state index contributed by atoms with van der Waals surface area (Å²) < 4.78 is 0. The van der Waals surface area contributed by atoms with Gasteiger partial charge in [-0.2, -0.15) is 0 Å². The van der Waals surface area contributed by atoms with Gasteiger partial charge in [0.05, 0.1) is 5.41 Å². The van der Waals surface area contributed by atoms with Crippen molar-refractivity contribution in [3.8, 4) is 0 Å². The van der Waals surface area contributed by atoms with Gasteiger partial charge in [0, 0.05) is 0 Å². The second kappa shape index (κ2) is 2.88. The first-order chi connectivity index (χ1) is 5.19. The van der Waals surface area contributed by atoms with E-state index in [1.54, 1.807) is 0 Å². The van der Waals surface area contributed by atoms with Crippen LogP contribution in [0.3, 0.4) is 0 Å². The van der Waals surface area contributed by atoms with Crippen molar-refractivity contribution in [1.29, 1.82) is 0 Å². The maximum Gasteiger partial charge on any atom is 0.243 e. The van der Waals surface area contributed by atoms with E-state index >= 15 is 0 Å². The number of carbonyl (C=O) groups excluding carboxylic acids is 1. The van der Waals surface area contributed by atoms with E-state index in [-0.39, 0.29) is 5.91 Å². The van der Waals surface area contributed by atoms with Gasteiger partial charge in [-0.05, 0) is 13.3 Å². The van der Waals surface area contributed by atoms with Crippen molar-refractivity contribution in [2.75, 3.05) is 0 Å². The van der Waals surface area contributed by atoms with Gasteiger partial charge in [0.15, 0.2) is 0 Å². The molecule has 3 heteroatoms. The zero-order valence-electron chi connectivity index (χ0n) is 6.50. The number of hydrogen-bond acceptors (Lipinski definition) is 2. The number of nitrogens with two attached hydrogens (primary N) is 1. The van der Waals surface area contributed by atoms with Crippen LogP contribution in [0.25, 0.3) is 0 Å². The summed E-state index contributed by atoms with van der Waals surface area (Å²) in [5, 5.41) is 0. The van der Waals surface area contributed by atoms with Gasteiger partial charge < -0.3 is 0 Å². The molecule has 0 radical (unpaired) electrons. The molecule has 0 aromatic heterocycles. The molecule has 0 saturated heterocycles. The fourth-order valence-electron chi connectivity index (χ4n) is 1.06. The maximum atomic E-state index is 11.2. The van der Waals surface area contributed by atoms with Crippen LogP contribution in [0.1, 0.15) is 13.3 Å². The Hall–Kier alpha value is -1.09. The molecule has 1 aliphatic carbocycles. The zero-order valence-corrected chi connectivity index (χ0v) is 6.50. The second-order valence-corrected chi connectivity index (χ2v) is 2.88. The summed E-state index contributed by atoms with van der Waals surface area (Å²) in [4.78, 5) is 11.2. The Morgan fingerprint density at radius 2 is 2.36 bits per heavy atom. The fourth-order valence-corrected chi connectivity index (χ4v) is 1.06. The molecule has 0 saturated carbocycles. The molecule has 0 spiro atoms. The Bertz CT molecular complexity index is 220. The smallest absolute Gasteiger partial charge is 0.243 e. The third-order valence-electron chi connectivity index (χ3n) is 1.90. The Labute approximate surface area is 65.9 Å². The highest BCUT2D eigenvalue weighted by Gasteiger charge is 2.29. The molecule has 1 rings (SSSR count). The monoisotopic (exact) mass is 152 g/mol. The molecule has 1 unspecified atom stereocenters. The minimum Gasteiger partial charge on any atom is -0.294 e. The van der Waals surface area contributed by atoms with Crippen LogP contribution in [-0.2, 0) is 4.79 Å². The van der Waals surface area contributed by atoms with Crippen molar-refractivity contribution in [2.45, 2.75) is 13.3 Å². The van der Waals surface area contributed by atoms with Crippen molar-refractivity contribution in [1.82, 2.24) is 5.43 Å². The molecule has 1 amide bonds. The first-order valence-electron chi connectivity index (χ1n) is 3.54.